The normalized spacial score (nSPS) is 10.4. The Kier molecular flexibility index (Phi) is 6.04. The molecule has 0 amide bonds. The van der Waals surface area contributed by atoms with Gasteiger partial charge in [-0.1, -0.05) is 40.8 Å². The molecule has 2 aromatic carbocycles. The van der Waals surface area contributed by atoms with Crippen LogP contribution in [0.2, 0.25) is 0 Å². The molecule has 0 saturated carbocycles. The van der Waals surface area contributed by atoms with Gasteiger partial charge in [-0.3, -0.25) is 0 Å². The average molecular weight is 384 g/mol. The van der Waals surface area contributed by atoms with Crippen molar-refractivity contribution in [3.8, 4) is 11.5 Å². The molecule has 19 heavy (non-hydrogen) atoms. The van der Waals surface area contributed by atoms with Gasteiger partial charge in [-0.25, -0.2) is 0 Å². The van der Waals surface area contributed by atoms with Gasteiger partial charge in [0.2, 0.25) is 0 Å². The van der Waals surface area contributed by atoms with Crippen LogP contribution in [0.1, 0.15) is 12.0 Å². The van der Waals surface area contributed by atoms with Crippen LogP contribution in [0.15, 0.2) is 53.4 Å². The number of ether oxygens (including phenoxy) is 1. The average Bonchev–Trinajstić information content (AvgIpc) is 2.47. The molecule has 100 valence electrons. The van der Waals surface area contributed by atoms with Crippen LogP contribution < -0.4 is 4.74 Å². The maximum Gasteiger partial charge on any atom is 0.128 e. The fourth-order valence-corrected chi connectivity index (χ4v) is 2.63. The van der Waals surface area contributed by atoms with Gasteiger partial charge in [-0.15, -0.1) is 11.8 Å². The maximum absolute atomic E-state index is 5.87. The van der Waals surface area contributed by atoms with E-state index >= 15 is 0 Å². The minimum Gasteiger partial charge on any atom is -0.457 e. The topological polar surface area (TPSA) is 9.23 Å². The second kappa shape index (κ2) is 7.80. The van der Waals surface area contributed by atoms with Gasteiger partial charge < -0.3 is 4.74 Å². The van der Waals surface area contributed by atoms with E-state index in [1.54, 1.807) is 11.8 Å². The molecule has 0 aliphatic carbocycles. The summed E-state index contributed by atoms with van der Waals surface area (Å²) in [4.78, 5) is 1.22. The summed E-state index contributed by atoms with van der Waals surface area (Å²) in [6, 6.07) is 16.6. The lowest BCUT2D eigenvalue weighted by Crippen LogP contribution is -1.88. The Hall–Kier alpha value is -0.680. The Morgan fingerprint density at radius 1 is 1.05 bits per heavy atom. The molecule has 0 fully saturated rings. The summed E-state index contributed by atoms with van der Waals surface area (Å²) in [6.07, 6.45) is 4.45. The molecule has 1 nitrogen and oxygen atoms in total. The smallest absolute Gasteiger partial charge is 0.128 e. The molecule has 3 heteroatoms. The number of halogens is 1. The van der Waals surface area contributed by atoms with Gasteiger partial charge in [-0.05, 0) is 59.4 Å². The van der Waals surface area contributed by atoms with Gasteiger partial charge in [-0.2, -0.15) is 0 Å². The van der Waals surface area contributed by atoms with Crippen LogP contribution in [0.4, 0.5) is 0 Å². The van der Waals surface area contributed by atoms with Crippen molar-refractivity contribution in [3.05, 3.63) is 54.1 Å². The van der Waals surface area contributed by atoms with Crippen molar-refractivity contribution < 1.29 is 4.74 Å². The van der Waals surface area contributed by atoms with Gasteiger partial charge in [0.05, 0.1) is 0 Å². The zero-order chi connectivity index (χ0) is 13.5. The van der Waals surface area contributed by atoms with E-state index in [9.17, 15) is 0 Å². The number of hydrogen-bond donors (Lipinski definition) is 0. The first-order chi connectivity index (χ1) is 9.31. The lowest BCUT2D eigenvalue weighted by molar-refractivity contribution is 0.481. The Labute approximate surface area is 132 Å². The summed E-state index contributed by atoms with van der Waals surface area (Å²) >= 11 is 4.14. The summed E-state index contributed by atoms with van der Waals surface area (Å²) in [5.74, 6) is 1.79. The SMILES string of the molecule is CSc1cccc(Oc2ccc(CCCI)cc2)c1. The second-order valence-corrected chi connectivity index (χ2v) is 6.18. The number of benzene rings is 2. The fraction of sp³-hybridized carbons (Fsp3) is 0.250. The number of rotatable bonds is 6. The Balaban J connectivity index is 2.02. The zero-order valence-electron chi connectivity index (χ0n) is 10.9. The largest absolute Gasteiger partial charge is 0.457 e. The third kappa shape index (κ3) is 4.73. The highest BCUT2D eigenvalue weighted by Crippen LogP contribution is 2.26. The van der Waals surface area contributed by atoms with E-state index in [1.807, 2.05) is 24.3 Å². The molecule has 0 radical (unpaired) electrons. The molecule has 0 saturated heterocycles. The van der Waals surface area contributed by atoms with E-state index in [-0.39, 0.29) is 0 Å². The summed E-state index contributed by atoms with van der Waals surface area (Å²) in [6.45, 7) is 0. The third-order valence-electron chi connectivity index (χ3n) is 2.80. The van der Waals surface area contributed by atoms with Gasteiger partial charge in [0.1, 0.15) is 11.5 Å². The molecular formula is C16H17IOS. The first kappa shape index (κ1) is 14.7. The molecule has 2 rings (SSSR count). The molecule has 0 spiro atoms. The molecule has 0 atom stereocenters. The highest BCUT2D eigenvalue weighted by atomic mass is 127. The van der Waals surface area contributed by atoms with Crippen LogP contribution in [-0.2, 0) is 6.42 Å². The Morgan fingerprint density at radius 3 is 2.53 bits per heavy atom. The van der Waals surface area contributed by atoms with Crippen LogP contribution in [0.3, 0.4) is 0 Å². The Morgan fingerprint density at radius 2 is 1.84 bits per heavy atom. The monoisotopic (exact) mass is 384 g/mol. The molecule has 0 heterocycles. The summed E-state index contributed by atoms with van der Waals surface area (Å²) in [5, 5.41) is 0. The molecule has 0 N–H and O–H groups in total. The molecule has 0 aliphatic rings. The highest BCUT2D eigenvalue weighted by Gasteiger charge is 1.99. The summed E-state index contributed by atoms with van der Waals surface area (Å²) in [7, 11) is 0. The summed E-state index contributed by atoms with van der Waals surface area (Å²) < 4.78 is 7.07. The van der Waals surface area contributed by atoms with Crippen LogP contribution in [-0.4, -0.2) is 10.7 Å². The van der Waals surface area contributed by atoms with E-state index in [4.69, 9.17) is 4.74 Å². The van der Waals surface area contributed by atoms with Crippen molar-refractivity contribution in [2.45, 2.75) is 17.7 Å². The number of thioether (sulfide) groups is 1. The van der Waals surface area contributed by atoms with Gasteiger partial charge in [0, 0.05) is 4.90 Å². The van der Waals surface area contributed by atoms with Crippen molar-refractivity contribution >= 4 is 34.4 Å². The van der Waals surface area contributed by atoms with Crippen LogP contribution in [0.25, 0.3) is 0 Å². The minimum atomic E-state index is 0.895. The van der Waals surface area contributed by atoms with Gasteiger partial charge in [0.25, 0.3) is 0 Å². The van der Waals surface area contributed by atoms with E-state index < -0.39 is 0 Å². The first-order valence-corrected chi connectivity index (χ1v) is 9.03. The number of hydrogen-bond acceptors (Lipinski definition) is 2. The first-order valence-electron chi connectivity index (χ1n) is 6.28. The maximum atomic E-state index is 5.87. The summed E-state index contributed by atoms with van der Waals surface area (Å²) in [5.41, 5.74) is 1.38. The van der Waals surface area contributed by atoms with Crippen LogP contribution in [0.5, 0.6) is 11.5 Å². The van der Waals surface area contributed by atoms with Crippen molar-refractivity contribution in [1.82, 2.24) is 0 Å². The number of aryl methyl sites for hydroxylation is 1. The molecule has 0 aromatic heterocycles. The van der Waals surface area contributed by atoms with Crippen molar-refractivity contribution in [2.24, 2.45) is 0 Å². The lowest BCUT2D eigenvalue weighted by Gasteiger charge is -2.07. The van der Waals surface area contributed by atoms with Gasteiger partial charge >= 0.3 is 0 Å². The minimum absolute atomic E-state index is 0.895. The van der Waals surface area contributed by atoms with Crippen LogP contribution >= 0.6 is 34.4 Å². The highest BCUT2D eigenvalue weighted by molar-refractivity contribution is 14.1. The second-order valence-electron chi connectivity index (χ2n) is 4.22. The lowest BCUT2D eigenvalue weighted by atomic mass is 10.1. The molecule has 0 aliphatic heterocycles. The van der Waals surface area contributed by atoms with E-state index in [1.165, 1.54) is 21.3 Å². The predicted molar refractivity (Wildman–Crippen MR) is 91.9 cm³/mol. The van der Waals surface area contributed by atoms with E-state index in [0.29, 0.717) is 0 Å². The van der Waals surface area contributed by atoms with Crippen molar-refractivity contribution in [1.29, 1.82) is 0 Å². The van der Waals surface area contributed by atoms with Gasteiger partial charge in [0.15, 0.2) is 0 Å². The fourth-order valence-electron chi connectivity index (χ4n) is 1.80. The van der Waals surface area contributed by atoms with E-state index in [2.05, 4.69) is 53.1 Å². The van der Waals surface area contributed by atoms with Crippen molar-refractivity contribution in [3.63, 3.8) is 0 Å². The molecule has 2 aromatic rings. The Bertz CT molecular complexity index is 510. The molecule has 0 unspecified atom stereocenters. The standard InChI is InChI=1S/C16H17IOS/c1-19-16-6-2-5-15(12-16)18-14-9-7-13(8-10-14)4-3-11-17/h2,5-10,12H,3-4,11H2,1H3. The molecular weight excluding hydrogens is 367 g/mol. The predicted octanol–water partition coefficient (Wildman–Crippen LogP) is 5.57. The van der Waals surface area contributed by atoms with Crippen molar-refractivity contribution in [2.75, 3.05) is 10.7 Å². The number of alkyl halides is 1. The van der Waals surface area contributed by atoms with E-state index in [0.717, 1.165) is 17.9 Å². The quantitative estimate of drug-likeness (QED) is 0.366. The molecule has 0 bridgehead atoms. The van der Waals surface area contributed by atoms with Crippen LogP contribution in [0, 0.1) is 0 Å². The zero-order valence-corrected chi connectivity index (χ0v) is 13.9. The third-order valence-corrected chi connectivity index (χ3v) is 4.29.